The lowest BCUT2D eigenvalue weighted by molar-refractivity contribution is -0.361. The van der Waals surface area contributed by atoms with Crippen LogP contribution in [0.5, 0.6) is 0 Å². The summed E-state index contributed by atoms with van der Waals surface area (Å²) < 4.78 is 12.1. The summed E-state index contributed by atoms with van der Waals surface area (Å²) >= 11 is 0. The lowest BCUT2D eigenvalue weighted by Gasteiger charge is -2.60. The minimum Gasteiger partial charge on any atom is -0.337 e. The Labute approximate surface area is 181 Å². The smallest absolute Gasteiger partial charge is 0.278 e. The molecule has 8 heteroatoms. The van der Waals surface area contributed by atoms with Gasteiger partial charge in [0.05, 0.1) is 0 Å². The molecule has 0 saturated carbocycles. The minimum atomic E-state index is -1.01. The maximum absolute atomic E-state index is 6.03. The third-order valence-corrected chi connectivity index (χ3v) is 5.72. The van der Waals surface area contributed by atoms with Crippen molar-refractivity contribution in [2.45, 2.75) is 71.0 Å². The van der Waals surface area contributed by atoms with Crippen molar-refractivity contribution in [1.29, 1.82) is 0 Å². The zero-order chi connectivity index (χ0) is 20.2. The summed E-state index contributed by atoms with van der Waals surface area (Å²) in [7, 11) is 12.6. The van der Waals surface area contributed by atoms with Gasteiger partial charge in [-0.15, -0.1) is 17.0 Å². The van der Waals surface area contributed by atoms with Crippen molar-refractivity contribution in [3.63, 3.8) is 0 Å². The summed E-state index contributed by atoms with van der Waals surface area (Å²) in [5, 5.41) is 3.28. The SMILES string of the molecule is Br.CCCCN(C)C(N(C)CCCC)(N(C)CCCC)C(NP)(OC)OC. The molecule has 1 N–H and O–H groups in total. The molecule has 0 bridgehead atoms. The fourth-order valence-electron chi connectivity index (χ4n) is 3.85. The topological polar surface area (TPSA) is 40.2 Å². The van der Waals surface area contributed by atoms with Crippen LogP contribution in [0.15, 0.2) is 0 Å². The molecular formula is C19H46BrN4O2P. The van der Waals surface area contributed by atoms with Gasteiger partial charge in [-0.1, -0.05) is 49.4 Å². The average molecular weight is 473 g/mol. The standard InChI is InChI=1S/C19H45N4O2P.BrH/c1-9-12-15-21(4)19(22(5)16-13-10-2,23(6)17-14-11-3)18(20-26,24-7)25-8;/h20H,9-17,26H2,1-8H3;1H. The number of hydrogen-bond donors (Lipinski definition) is 1. The Balaban J connectivity index is 0. The molecule has 0 fully saturated rings. The summed E-state index contributed by atoms with van der Waals surface area (Å²) in [5.74, 6) is -1.59. The predicted octanol–water partition coefficient (Wildman–Crippen LogP) is 3.74. The molecule has 0 aromatic heterocycles. The van der Waals surface area contributed by atoms with Crippen LogP contribution in [0, 0.1) is 0 Å². The molecular weight excluding hydrogens is 427 g/mol. The van der Waals surface area contributed by atoms with Gasteiger partial charge >= 0.3 is 0 Å². The van der Waals surface area contributed by atoms with Crippen LogP contribution < -0.4 is 5.09 Å². The highest BCUT2D eigenvalue weighted by atomic mass is 79.9. The van der Waals surface area contributed by atoms with Gasteiger partial charge in [0.2, 0.25) is 5.79 Å². The molecule has 0 aromatic carbocycles. The fraction of sp³-hybridized carbons (Fsp3) is 1.00. The minimum absolute atomic E-state index is 0. The number of halogens is 1. The highest BCUT2D eigenvalue weighted by molar-refractivity contribution is 8.93. The van der Waals surface area contributed by atoms with Gasteiger partial charge < -0.3 is 9.47 Å². The number of methoxy groups -OCH3 is 2. The fourth-order valence-corrected chi connectivity index (χ4v) is 4.28. The second-order valence-electron chi connectivity index (χ2n) is 7.13. The number of likely N-dealkylation sites (N-methyl/N-ethyl adjacent to an activating group) is 3. The normalized spacial score (nSPS) is 12.9. The molecule has 166 valence electrons. The molecule has 0 aromatic rings. The van der Waals surface area contributed by atoms with E-state index in [4.69, 9.17) is 9.47 Å². The second kappa shape index (κ2) is 15.5. The van der Waals surface area contributed by atoms with Crippen molar-refractivity contribution in [1.82, 2.24) is 19.8 Å². The van der Waals surface area contributed by atoms with Crippen LogP contribution in [0.3, 0.4) is 0 Å². The number of rotatable bonds is 16. The number of hydrogen-bond acceptors (Lipinski definition) is 6. The lowest BCUT2D eigenvalue weighted by Crippen LogP contribution is -2.82. The first-order chi connectivity index (χ1) is 12.4. The van der Waals surface area contributed by atoms with E-state index in [9.17, 15) is 0 Å². The molecule has 27 heavy (non-hydrogen) atoms. The maximum atomic E-state index is 6.03. The quantitative estimate of drug-likeness (QED) is 0.272. The third-order valence-electron chi connectivity index (χ3n) is 5.34. The van der Waals surface area contributed by atoms with Crippen molar-refractivity contribution in [3.05, 3.63) is 0 Å². The highest BCUT2D eigenvalue weighted by Crippen LogP contribution is 2.37. The first kappa shape index (κ1) is 29.9. The van der Waals surface area contributed by atoms with Gasteiger partial charge in [-0.25, -0.2) is 5.09 Å². The van der Waals surface area contributed by atoms with Crippen molar-refractivity contribution < 1.29 is 9.47 Å². The second-order valence-corrected chi connectivity index (χ2v) is 7.42. The molecule has 0 aliphatic heterocycles. The predicted molar refractivity (Wildman–Crippen MR) is 125 cm³/mol. The molecule has 6 nitrogen and oxygen atoms in total. The Kier molecular flexibility index (Phi) is 17.1. The molecule has 1 atom stereocenters. The molecule has 0 aliphatic carbocycles. The van der Waals surface area contributed by atoms with E-state index >= 15 is 0 Å². The first-order valence-corrected chi connectivity index (χ1v) is 10.7. The van der Waals surface area contributed by atoms with E-state index in [1.165, 1.54) is 0 Å². The zero-order valence-electron chi connectivity index (χ0n) is 19.0. The van der Waals surface area contributed by atoms with E-state index in [0.717, 1.165) is 58.2 Å². The Morgan fingerprint density at radius 3 is 1.22 bits per heavy atom. The van der Waals surface area contributed by atoms with Crippen LogP contribution in [0.1, 0.15) is 59.3 Å². The van der Waals surface area contributed by atoms with Gasteiger partial charge in [0.15, 0.2) is 0 Å². The maximum Gasteiger partial charge on any atom is 0.278 e. The third kappa shape index (κ3) is 6.85. The molecule has 0 amide bonds. The van der Waals surface area contributed by atoms with Crippen LogP contribution in [0.25, 0.3) is 0 Å². The van der Waals surface area contributed by atoms with Crippen molar-refractivity contribution >= 4 is 26.4 Å². The summed E-state index contributed by atoms with van der Waals surface area (Å²) in [5.41, 5.74) is 0. The molecule has 1 unspecified atom stereocenters. The van der Waals surface area contributed by atoms with Crippen LogP contribution in [0.4, 0.5) is 0 Å². The van der Waals surface area contributed by atoms with Crippen molar-refractivity contribution in [2.75, 3.05) is 55.0 Å². The average Bonchev–Trinajstić information content (AvgIpc) is 2.66. The highest BCUT2D eigenvalue weighted by Gasteiger charge is 2.60. The van der Waals surface area contributed by atoms with Gasteiger partial charge in [0.1, 0.15) is 0 Å². The van der Waals surface area contributed by atoms with Crippen molar-refractivity contribution in [2.24, 2.45) is 0 Å². The number of ether oxygens (including phenoxy) is 2. The van der Waals surface area contributed by atoms with Gasteiger partial charge in [-0.2, -0.15) is 0 Å². The number of nitrogens with one attached hydrogen (secondary N) is 1. The van der Waals surface area contributed by atoms with Gasteiger partial charge in [-0.05, 0) is 40.4 Å². The number of unbranched alkanes of at least 4 members (excludes halogenated alkanes) is 3. The summed E-state index contributed by atoms with van der Waals surface area (Å²) in [6, 6.07) is 0. The van der Waals surface area contributed by atoms with Crippen LogP contribution in [-0.2, 0) is 9.47 Å². The van der Waals surface area contributed by atoms with Gasteiger partial charge in [-0.3, -0.25) is 14.7 Å². The Hall–Kier alpha value is 0.670. The largest absolute Gasteiger partial charge is 0.337 e. The lowest BCUT2D eigenvalue weighted by atomic mass is 10.1. The van der Waals surface area contributed by atoms with E-state index in [1.54, 1.807) is 14.2 Å². The van der Waals surface area contributed by atoms with E-state index in [0.29, 0.717) is 0 Å². The van der Waals surface area contributed by atoms with Crippen LogP contribution >= 0.6 is 26.4 Å². The van der Waals surface area contributed by atoms with E-state index in [1.807, 2.05) is 0 Å². The molecule has 0 saturated heterocycles. The first-order valence-electron chi connectivity index (χ1n) is 10.1. The monoisotopic (exact) mass is 472 g/mol. The number of nitrogens with zero attached hydrogens (tertiary/aromatic N) is 3. The molecule has 0 aliphatic rings. The summed E-state index contributed by atoms with van der Waals surface area (Å²) in [6.07, 6.45) is 6.84. The molecule has 0 spiro atoms. The summed E-state index contributed by atoms with van der Waals surface area (Å²) in [6.45, 7) is 9.57. The van der Waals surface area contributed by atoms with Crippen LogP contribution in [-0.4, -0.2) is 81.4 Å². The molecule has 0 rings (SSSR count). The van der Waals surface area contributed by atoms with Crippen LogP contribution in [0.2, 0.25) is 0 Å². The van der Waals surface area contributed by atoms with E-state index in [2.05, 4.69) is 71.1 Å². The summed E-state index contributed by atoms with van der Waals surface area (Å²) in [4.78, 5) is 7.14. The van der Waals surface area contributed by atoms with Gasteiger partial charge in [0, 0.05) is 33.9 Å². The molecule has 0 heterocycles. The Bertz CT molecular complexity index is 318. The van der Waals surface area contributed by atoms with E-state index in [-0.39, 0.29) is 17.0 Å². The zero-order valence-corrected chi connectivity index (χ0v) is 21.9. The Morgan fingerprint density at radius 2 is 1.04 bits per heavy atom. The van der Waals surface area contributed by atoms with Crippen molar-refractivity contribution in [3.8, 4) is 0 Å². The molecule has 0 radical (unpaired) electrons. The Morgan fingerprint density at radius 1 is 0.741 bits per heavy atom. The van der Waals surface area contributed by atoms with Gasteiger partial charge in [0.25, 0.3) is 5.91 Å². The van der Waals surface area contributed by atoms with E-state index < -0.39 is 11.7 Å².